The fourth-order valence-electron chi connectivity index (χ4n) is 1.12. The third-order valence-electron chi connectivity index (χ3n) is 2.12. The first-order chi connectivity index (χ1) is 7.61. The van der Waals surface area contributed by atoms with E-state index in [4.69, 9.17) is 4.74 Å². The highest BCUT2D eigenvalue weighted by Crippen LogP contribution is 1.87. The highest BCUT2D eigenvalue weighted by Gasteiger charge is 2.13. The van der Waals surface area contributed by atoms with E-state index >= 15 is 0 Å². The number of rotatable bonds is 9. The summed E-state index contributed by atoms with van der Waals surface area (Å²) in [5.74, 6) is -0.0366. The van der Waals surface area contributed by atoms with Crippen molar-refractivity contribution in [2.45, 2.75) is 39.3 Å². The molecule has 0 aromatic rings. The minimum atomic E-state index is -0.568. The fraction of sp³-hybridized carbons (Fsp3) is 0.909. The van der Waals surface area contributed by atoms with Crippen LogP contribution in [0.15, 0.2) is 0 Å². The molecule has 0 heterocycles. The zero-order chi connectivity index (χ0) is 12.4. The molecule has 2 unspecified atom stereocenters. The summed E-state index contributed by atoms with van der Waals surface area (Å²) in [4.78, 5) is 11.4. The van der Waals surface area contributed by atoms with Crippen molar-refractivity contribution >= 4 is 5.91 Å². The van der Waals surface area contributed by atoms with Gasteiger partial charge in [0.1, 0.15) is 0 Å². The molecule has 0 aliphatic heterocycles. The zero-order valence-corrected chi connectivity index (χ0v) is 10.5. The zero-order valence-electron chi connectivity index (χ0n) is 10.5. The van der Waals surface area contributed by atoms with Gasteiger partial charge in [-0.1, -0.05) is 6.92 Å². The Morgan fingerprint density at radius 3 is 2.69 bits per heavy atom. The second-order valence-corrected chi connectivity index (χ2v) is 3.73. The lowest BCUT2D eigenvalue weighted by Crippen LogP contribution is -2.45. The molecule has 0 saturated carbocycles. The molecule has 0 aromatic heterocycles. The van der Waals surface area contributed by atoms with E-state index in [0.717, 1.165) is 6.42 Å². The van der Waals surface area contributed by atoms with Crippen LogP contribution in [0.25, 0.3) is 0 Å². The summed E-state index contributed by atoms with van der Waals surface area (Å²) in [6.07, 6.45) is 0.354. The molecule has 0 spiro atoms. The molecule has 0 aliphatic rings. The summed E-state index contributed by atoms with van der Waals surface area (Å²) in [6.45, 7) is 7.59. The number of ether oxygens (including phenoxy) is 1. The van der Waals surface area contributed by atoms with Gasteiger partial charge in [-0.25, -0.2) is 0 Å². The highest BCUT2D eigenvalue weighted by molar-refractivity contribution is 5.81. The van der Waals surface area contributed by atoms with Crippen molar-refractivity contribution in [2.24, 2.45) is 0 Å². The third kappa shape index (κ3) is 7.62. The van der Waals surface area contributed by atoms with E-state index in [2.05, 4.69) is 10.6 Å². The lowest BCUT2D eigenvalue weighted by molar-refractivity contribution is -0.122. The minimum absolute atomic E-state index is 0.0366. The lowest BCUT2D eigenvalue weighted by atomic mass is 10.2. The maximum absolute atomic E-state index is 11.4. The molecule has 5 heteroatoms. The van der Waals surface area contributed by atoms with Gasteiger partial charge in [-0.3, -0.25) is 4.79 Å². The average Bonchev–Trinajstić information content (AvgIpc) is 2.30. The van der Waals surface area contributed by atoms with Gasteiger partial charge in [0.15, 0.2) is 0 Å². The molecule has 16 heavy (non-hydrogen) atoms. The van der Waals surface area contributed by atoms with Crippen LogP contribution >= 0.6 is 0 Å². The smallest absolute Gasteiger partial charge is 0.236 e. The van der Waals surface area contributed by atoms with Crippen molar-refractivity contribution in [1.82, 2.24) is 10.6 Å². The second-order valence-electron chi connectivity index (χ2n) is 3.73. The fourth-order valence-corrected chi connectivity index (χ4v) is 1.12. The summed E-state index contributed by atoms with van der Waals surface area (Å²) < 4.78 is 5.06. The summed E-state index contributed by atoms with van der Waals surface area (Å²) in [5, 5.41) is 15.2. The number of hydrogen-bond donors (Lipinski definition) is 3. The normalized spacial score (nSPS) is 14.5. The van der Waals surface area contributed by atoms with E-state index in [0.29, 0.717) is 26.3 Å². The predicted octanol–water partition coefficient (Wildman–Crippen LogP) is -0.112. The van der Waals surface area contributed by atoms with Crippen LogP contribution in [-0.2, 0) is 9.53 Å². The van der Waals surface area contributed by atoms with Gasteiger partial charge in [-0.15, -0.1) is 0 Å². The van der Waals surface area contributed by atoms with Gasteiger partial charge in [-0.05, 0) is 20.3 Å². The first kappa shape index (κ1) is 15.3. The van der Waals surface area contributed by atoms with Gasteiger partial charge in [0.25, 0.3) is 0 Å². The summed E-state index contributed by atoms with van der Waals surface area (Å²) in [6, 6.07) is -0.289. The summed E-state index contributed by atoms with van der Waals surface area (Å²) in [7, 11) is 0. The van der Waals surface area contributed by atoms with Gasteiger partial charge in [0, 0.05) is 19.7 Å². The second kappa shape index (κ2) is 9.57. The number of amides is 1. The molecule has 0 aliphatic carbocycles. The first-order valence-corrected chi connectivity index (χ1v) is 5.88. The highest BCUT2D eigenvalue weighted by atomic mass is 16.5. The van der Waals surface area contributed by atoms with E-state index in [-0.39, 0.29) is 11.9 Å². The summed E-state index contributed by atoms with van der Waals surface area (Å²) >= 11 is 0. The Hall–Kier alpha value is -0.650. The van der Waals surface area contributed by atoms with Crippen LogP contribution in [-0.4, -0.2) is 49.5 Å². The lowest BCUT2D eigenvalue weighted by Gasteiger charge is -2.16. The molecule has 0 rings (SSSR count). The number of aliphatic hydroxyl groups is 1. The molecular formula is C11H24N2O3. The number of aliphatic hydroxyl groups excluding tert-OH is 1. The molecule has 0 radical (unpaired) electrons. The average molecular weight is 232 g/mol. The first-order valence-electron chi connectivity index (χ1n) is 5.88. The van der Waals surface area contributed by atoms with Gasteiger partial charge < -0.3 is 20.5 Å². The van der Waals surface area contributed by atoms with Crippen molar-refractivity contribution < 1.29 is 14.6 Å². The Labute approximate surface area is 97.6 Å². The Morgan fingerprint density at radius 1 is 1.44 bits per heavy atom. The van der Waals surface area contributed by atoms with Crippen LogP contribution in [0.5, 0.6) is 0 Å². The van der Waals surface area contributed by atoms with Crippen LogP contribution in [0.3, 0.4) is 0 Å². The van der Waals surface area contributed by atoms with Gasteiger partial charge >= 0.3 is 0 Å². The molecule has 0 bridgehead atoms. The van der Waals surface area contributed by atoms with E-state index in [9.17, 15) is 9.90 Å². The van der Waals surface area contributed by atoms with Crippen LogP contribution < -0.4 is 10.6 Å². The van der Waals surface area contributed by atoms with Gasteiger partial charge in [0.2, 0.25) is 5.91 Å². The monoisotopic (exact) mass is 232 g/mol. The van der Waals surface area contributed by atoms with E-state index in [1.807, 2.05) is 13.8 Å². The van der Waals surface area contributed by atoms with E-state index in [1.165, 1.54) is 0 Å². The molecule has 0 fully saturated rings. The molecule has 2 atom stereocenters. The molecule has 0 saturated heterocycles. The number of hydrogen-bond acceptors (Lipinski definition) is 4. The van der Waals surface area contributed by atoms with Crippen molar-refractivity contribution in [3.8, 4) is 0 Å². The maximum Gasteiger partial charge on any atom is 0.236 e. The number of carbonyl (C=O) groups excluding carboxylic acids is 1. The molecule has 5 nitrogen and oxygen atoms in total. The quantitative estimate of drug-likeness (QED) is 0.519. The van der Waals surface area contributed by atoms with Crippen molar-refractivity contribution in [3.63, 3.8) is 0 Å². The Bertz CT molecular complexity index is 188. The van der Waals surface area contributed by atoms with E-state index in [1.54, 1.807) is 6.92 Å². The minimum Gasteiger partial charge on any atom is -0.389 e. The van der Waals surface area contributed by atoms with E-state index < -0.39 is 6.10 Å². The maximum atomic E-state index is 11.4. The van der Waals surface area contributed by atoms with Gasteiger partial charge in [-0.2, -0.15) is 0 Å². The topological polar surface area (TPSA) is 70.6 Å². The Kier molecular flexibility index (Phi) is 9.18. The standard InChI is InChI=1S/C11H24N2O3/c1-4-6-12-11(15)9(3)13-7-10(14)8-16-5-2/h9-10,13-14H,4-8H2,1-3H3,(H,12,15). The third-order valence-corrected chi connectivity index (χ3v) is 2.12. The molecular weight excluding hydrogens is 208 g/mol. The number of carbonyl (C=O) groups is 1. The largest absolute Gasteiger partial charge is 0.389 e. The van der Waals surface area contributed by atoms with Crippen LogP contribution in [0.1, 0.15) is 27.2 Å². The molecule has 96 valence electrons. The molecule has 3 N–H and O–H groups in total. The van der Waals surface area contributed by atoms with Gasteiger partial charge in [0.05, 0.1) is 18.8 Å². The van der Waals surface area contributed by atoms with Crippen LogP contribution in [0, 0.1) is 0 Å². The van der Waals surface area contributed by atoms with Crippen LogP contribution in [0.2, 0.25) is 0 Å². The van der Waals surface area contributed by atoms with Crippen molar-refractivity contribution in [1.29, 1.82) is 0 Å². The summed E-state index contributed by atoms with van der Waals surface area (Å²) in [5.41, 5.74) is 0. The Balaban J connectivity index is 3.62. The molecule has 0 aromatic carbocycles. The SMILES string of the molecule is CCCNC(=O)C(C)NCC(O)COCC. The molecule has 1 amide bonds. The number of nitrogens with one attached hydrogen (secondary N) is 2. The van der Waals surface area contributed by atoms with Crippen LogP contribution in [0.4, 0.5) is 0 Å². The van der Waals surface area contributed by atoms with Crippen molar-refractivity contribution in [2.75, 3.05) is 26.3 Å². The predicted molar refractivity (Wildman–Crippen MR) is 63.3 cm³/mol. The van der Waals surface area contributed by atoms with Crippen molar-refractivity contribution in [3.05, 3.63) is 0 Å². The Morgan fingerprint density at radius 2 is 2.12 bits per heavy atom.